The van der Waals surface area contributed by atoms with Gasteiger partial charge in [0.1, 0.15) is 0 Å². The predicted octanol–water partition coefficient (Wildman–Crippen LogP) is 3.87. The Kier molecular flexibility index (Phi) is 3.70. The second-order valence-electron chi connectivity index (χ2n) is 4.54. The van der Waals surface area contributed by atoms with Crippen molar-refractivity contribution in [3.63, 3.8) is 0 Å². The van der Waals surface area contributed by atoms with Gasteiger partial charge in [-0.1, -0.05) is 33.6 Å². The Morgan fingerprint density at radius 2 is 2.31 bits per heavy atom. The van der Waals surface area contributed by atoms with Gasteiger partial charge in [0.05, 0.1) is 0 Å². The third-order valence-corrected chi connectivity index (χ3v) is 3.96. The number of benzene rings is 1. The molecule has 1 aliphatic rings. The molecule has 86 valence electrons. The van der Waals surface area contributed by atoms with E-state index in [1.54, 1.807) is 0 Å². The topological polar surface area (TPSA) is 3.24 Å². The van der Waals surface area contributed by atoms with Crippen LogP contribution in [-0.4, -0.2) is 18.9 Å². The van der Waals surface area contributed by atoms with Gasteiger partial charge in [0.2, 0.25) is 0 Å². The molecule has 0 radical (unpaired) electrons. The summed E-state index contributed by atoms with van der Waals surface area (Å²) >= 11 is 3.48. The van der Waals surface area contributed by atoms with Crippen molar-refractivity contribution in [3.8, 4) is 0 Å². The first-order valence-corrected chi connectivity index (χ1v) is 6.90. The molecular weight excluding hydrogens is 262 g/mol. The van der Waals surface area contributed by atoms with Crippen LogP contribution in [0.25, 0.3) is 6.08 Å². The van der Waals surface area contributed by atoms with E-state index < -0.39 is 0 Å². The Bertz CT molecular complexity index is 409. The second kappa shape index (κ2) is 5.05. The van der Waals surface area contributed by atoms with Crippen molar-refractivity contribution >= 4 is 27.7 Å². The number of hydrogen-bond donors (Lipinski definition) is 0. The van der Waals surface area contributed by atoms with Crippen LogP contribution in [0.2, 0.25) is 0 Å². The first-order chi connectivity index (χ1) is 7.70. The molecule has 2 rings (SSSR count). The van der Waals surface area contributed by atoms with E-state index in [9.17, 15) is 0 Å². The van der Waals surface area contributed by atoms with Crippen molar-refractivity contribution < 1.29 is 0 Å². The van der Waals surface area contributed by atoms with Crippen molar-refractivity contribution in [2.45, 2.75) is 19.8 Å². The molecule has 1 aromatic rings. The minimum absolute atomic E-state index is 0.948. The summed E-state index contributed by atoms with van der Waals surface area (Å²) in [6, 6.07) is 6.80. The summed E-state index contributed by atoms with van der Waals surface area (Å²) in [4.78, 5) is 2.35. The molecule has 0 amide bonds. The van der Waals surface area contributed by atoms with E-state index in [1.165, 1.54) is 41.8 Å². The van der Waals surface area contributed by atoms with E-state index in [2.05, 4.69) is 59.1 Å². The third kappa shape index (κ3) is 2.49. The number of alkyl halides is 1. The highest BCUT2D eigenvalue weighted by atomic mass is 79.9. The van der Waals surface area contributed by atoms with Gasteiger partial charge in [-0.2, -0.15) is 0 Å². The summed E-state index contributed by atoms with van der Waals surface area (Å²) in [5, 5.41) is 0.948. The maximum absolute atomic E-state index is 3.48. The Hall–Kier alpha value is -0.760. The fourth-order valence-corrected chi connectivity index (χ4v) is 2.38. The molecule has 0 spiro atoms. The van der Waals surface area contributed by atoms with Crippen LogP contribution >= 0.6 is 15.9 Å². The van der Waals surface area contributed by atoms with Crippen LogP contribution in [0.3, 0.4) is 0 Å². The summed E-state index contributed by atoms with van der Waals surface area (Å²) in [6.07, 6.45) is 4.74. The molecule has 1 aliphatic heterocycles. The van der Waals surface area contributed by atoms with Gasteiger partial charge in [-0.3, -0.25) is 0 Å². The molecule has 1 heterocycles. The van der Waals surface area contributed by atoms with Gasteiger partial charge in [0.25, 0.3) is 0 Å². The fourth-order valence-electron chi connectivity index (χ4n) is 2.22. The average molecular weight is 280 g/mol. The lowest BCUT2D eigenvalue weighted by Crippen LogP contribution is -2.24. The molecule has 0 N–H and O–H groups in total. The molecule has 2 heteroatoms. The maximum Gasteiger partial charge on any atom is 0.0396 e. The van der Waals surface area contributed by atoms with Crippen LogP contribution in [0.1, 0.15) is 24.5 Å². The largest absolute Gasteiger partial charge is 0.374 e. The van der Waals surface area contributed by atoms with Gasteiger partial charge in [0.15, 0.2) is 0 Å². The van der Waals surface area contributed by atoms with Crippen LogP contribution < -0.4 is 4.90 Å². The van der Waals surface area contributed by atoms with E-state index in [0.29, 0.717) is 0 Å². The second-order valence-corrected chi connectivity index (χ2v) is 5.10. The van der Waals surface area contributed by atoms with Gasteiger partial charge in [-0.15, -0.1) is 0 Å². The molecule has 0 unspecified atom stereocenters. The average Bonchev–Trinajstić information content (AvgIpc) is 2.29. The van der Waals surface area contributed by atoms with Crippen LogP contribution in [-0.2, 0) is 6.42 Å². The Labute approximate surface area is 106 Å². The van der Waals surface area contributed by atoms with Gasteiger partial charge in [0, 0.05) is 24.6 Å². The number of fused-ring (bicyclic) bond motifs is 1. The number of hydrogen-bond acceptors (Lipinski definition) is 1. The van der Waals surface area contributed by atoms with E-state index in [-0.39, 0.29) is 0 Å². The first-order valence-electron chi connectivity index (χ1n) is 5.78. The normalized spacial score (nSPS) is 16.2. The molecule has 1 nitrogen and oxygen atoms in total. The number of halogens is 1. The van der Waals surface area contributed by atoms with Gasteiger partial charge < -0.3 is 4.90 Å². The number of aryl methyl sites for hydroxylation is 1. The van der Waals surface area contributed by atoms with Crippen LogP contribution in [0, 0.1) is 0 Å². The summed E-state index contributed by atoms with van der Waals surface area (Å²) in [5.41, 5.74) is 5.58. The van der Waals surface area contributed by atoms with Crippen molar-refractivity contribution in [2.75, 3.05) is 23.8 Å². The van der Waals surface area contributed by atoms with Gasteiger partial charge >= 0.3 is 0 Å². The van der Waals surface area contributed by atoms with E-state index in [0.717, 1.165) is 5.33 Å². The zero-order valence-electron chi connectivity index (χ0n) is 9.96. The van der Waals surface area contributed by atoms with Gasteiger partial charge in [-0.05, 0) is 43.0 Å². The summed E-state index contributed by atoms with van der Waals surface area (Å²) in [7, 11) is 2.18. The summed E-state index contributed by atoms with van der Waals surface area (Å²) < 4.78 is 0. The highest BCUT2D eigenvalue weighted by Gasteiger charge is 2.12. The molecule has 0 bridgehead atoms. The molecule has 0 saturated heterocycles. The van der Waals surface area contributed by atoms with Crippen molar-refractivity contribution in [3.05, 3.63) is 34.9 Å². The Morgan fingerprint density at radius 1 is 1.50 bits per heavy atom. The first kappa shape index (κ1) is 11.7. The lowest BCUT2D eigenvalue weighted by molar-refractivity contribution is 0.744. The highest BCUT2D eigenvalue weighted by Crippen LogP contribution is 2.27. The molecule has 0 saturated carbocycles. The van der Waals surface area contributed by atoms with E-state index in [4.69, 9.17) is 0 Å². The van der Waals surface area contributed by atoms with Crippen LogP contribution in [0.4, 0.5) is 5.69 Å². The molecule has 0 fully saturated rings. The lowest BCUT2D eigenvalue weighted by Gasteiger charge is -2.27. The molecule has 0 atom stereocenters. The third-order valence-electron chi connectivity index (χ3n) is 3.08. The number of anilines is 1. The standard InChI is InChI=1S/C14H18BrN/c1-11(10-15)8-12-5-6-14-13(9-12)4-3-7-16(14)2/h5-6,8-9H,3-4,7,10H2,1-2H3. The van der Waals surface area contributed by atoms with Crippen molar-refractivity contribution in [1.82, 2.24) is 0 Å². The fraction of sp³-hybridized carbons (Fsp3) is 0.429. The molecular formula is C14H18BrN. The molecule has 16 heavy (non-hydrogen) atoms. The predicted molar refractivity (Wildman–Crippen MR) is 75.5 cm³/mol. The minimum atomic E-state index is 0.948. The molecule has 0 aliphatic carbocycles. The van der Waals surface area contributed by atoms with E-state index >= 15 is 0 Å². The maximum atomic E-state index is 3.48. The van der Waals surface area contributed by atoms with Crippen molar-refractivity contribution in [2.24, 2.45) is 0 Å². The zero-order chi connectivity index (χ0) is 11.5. The Morgan fingerprint density at radius 3 is 3.06 bits per heavy atom. The van der Waals surface area contributed by atoms with Crippen LogP contribution in [0.15, 0.2) is 23.8 Å². The number of nitrogens with zero attached hydrogens (tertiary/aromatic N) is 1. The minimum Gasteiger partial charge on any atom is -0.374 e. The van der Waals surface area contributed by atoms with Gasteiger partial charge in [-0.25, -0.2) is 0 Å². The molecule has 0 aromatic heterocycles. The smallest absolute Gasteiger partial charge is 0.0396 e. The number of rotatable bonds is 2. The SMILES string of the molecule is CC(=Cc1ccc2c(c1)CCCN2C)CBr. The zero-order valence-corrected chi connectivity index (χ0v) is 11.5. The van der Waals surface area contributed by atoms with Crippen LogP contribution in [0.5, 0.6) is 0 Å². The Balaban J connectivity index is 2.32. The highest BCUT2D eigenvalue weighted by molar-refractivity contribution is 9.09. The molecule has 1 aromatic carbocycles. The van der Waals surface area contributed by atoms with E-state index in [1.807, 2.05) is 0 Å². The lowest BCUT2D eigenvalue weighted by atomic mass is 9.99. The summed E-state index contributed by atoms with van der Waals surface area (Å²) in [6.45, 7) is 3.34. The summed E-state index contributed by atoms with van der Waals surface area (Å²) in [5.74, 6) is 0. The quantitative estimate of drug-likeness (QED) is 0.743. The van der Waals surface area contributed by atoms with Crippen molar-refractivity contribution in [1.29, 1.82) is 0 Å². The monoisotopic (exact) mass is 279 g/mol. The number of allylic oxidation sites excluding steroid dienone is 1.